The first-order valence-electron chi connectivity index (χ1n) is 12.8. The molecule has 1 aliphatic rings. The molecular weight excluding hydrogens is 452 g/mol. The molecule has 1 aliphatic heterocycles. The normalized spacial score (nSPS) is 19.4. The molecule has 0 N–H and O–H groups in total. The summed E-state index contributed by atoms with van der Waals surface area (Å²) < 4.78 is 7.34. The fourth-order valence-electron chi connectivity index (χ4n) is 5.27. The number of aromatic nitrogens is 3. The van der Waals surface area contributed by atoms with Crippen LogP contribution in [0.2, 0.25) is 0 Å². The molecule has 0 spiro atoms. The maximum absolute atomic E-state index is 12.7. The summed E-state index contributed by atoms with van der Waals surface area (Å²) in [6.45, 7) is 19.7. The van der Waals surface area contributed by atoms with E-state index in [0.29, 0.717) is 22.7 Å². The topological polar surface area (TPSA) is 67.9 Å². The van der Waals surface area contributed by atoms with Crippen molar-refractivity contribution in [2.24, 2.45) is 7.05 Å². The van der Waals surface area contributed by atoms with Crippen LogP contribution in [0.5, 0.6) is 5.75 Å². The monoisotopic (exact) mass is 488 g/mol. The Kier molecular flexibility index (Phi) is 7.60. The molecule has 4 rings (SSSR count). The van der Waals surface area contributed by atoms with Crippen LogP contribution in [0.15, 0.2) is 41.2 Å². The van der Waals surface area contributed by atoms with E-state index in [4.69, 9.17) is 11.3 Å². The highest BCUT2D eigenvalue weighted by molar-refractivity contribution is 5.87. The van der Waals surface area contributed by atoms with Crippen LogP contribution in [-0.2, 0) is 7.05 Å². The molecule has 1 unspecified atom stereocenters. The van der Waals surface area contributed by atoms with Gasteiger partial charge in [0.05, 0.1) is 11.6 Å². The van der Waals surface area contributed by atoms with Crippen molar-refractivity contribution in [2.75, 3.05) is 18.0 Å². The predicted octanol–water partition coefficient (Wildman–Crippen LogP) is 5.11. The maximum atomic E-state index is 12.7. The standard InChI is InChI=1S/C28H36N6O2/c1-8-21-17-33(27-26-24(32(7)28(35)31-27)14-15-25(29-6)30-26)19(5)16-34(21)23(9-2)20-10-12-22(13-11-20)36-18(3)4/h10-15,18-19,21,23H,8-9,16-17H2,1-5,7H3/t19-,21+,23?/m0/s1. The number of aryl methyl sites for hydroxylation is 1. The lowest BCUT2D eigenvalue weighted by atomic mass is 9.96. The van der Waals surface area contributed by atoms with Crippen LogP contribution >= 0.6 is 0 Å². The molecule has 3 aromatic rings. The van der Waals surface area contributed by atoms with Crippen molar-refractivity contribution in [3.05, 3.63) is 63.9 Å². The van der Waals surface area contributed by atoms with Crippen LogP contribution in [0.3, 0.4) is 0 Å². The summed E-state index contributed by atoms with van der Waals surface area (Å²) in [6.07, 6.45) is 2.12. The summed E-state index contributed by atoms with van der Waals surface area (Å²) in [5.74, 6) is 1.77. The molecule has 0 aliphatic carbocycles. The number of pyridine rings is 1. The van der Waals surface area contributed by atoms with Crippen LogP contribution in [0.25, 0.3) is 15.9 Å². The van der Waals surface area contributed by atoms with Gasteiger partial charge in [-0.15, -0.1) is 4.98 Å². The van der Waals surface area contributed by atoms with E-state index >= 15 is 0 Å². The van der Waals surface area contributed by atoms with Gasteiger partial charge in [-0.3, -0.25) is 9.47 Å². The smallest absolute Gasteiger partial charge is 0.350 e. The van der Waals surface area contributed by atoms with E-state index in [2.05, 4.69) is 69.6 Å². The van der Waals surface area contributed by atoms with Gasteiger partial charge in [0.1, 0.15) is 5.75 Å². The Morgan fingerprint density at radius 2 is 1.83 bits per heavy atom. The number of hydrogen-bond donors (Lipinski definition) is 0. The molecule has 1 aromatic carbocycles. The molecule has 190 valence electrons. The fourth-order valence-corrected chi connectivity index (χ4v) is 5.27. The van der Waals surface area contributed by atoms with Gasteiger partial charge in [0.15, 0.2) is 5.82 Å². The van der Waals surface area contributed by atoms with Crippen molar-refractivity contribution >= 4 is 22.7 Å². The fraction of sp³-hybridized carbons (Fsp3) is 0.500. The highest BCUT2D eigenvalue weighted by atomic mass is 16.5. The third-order valence-electron chi connectivity index (χ3n) is 7.09. The number of benzene rings is 1. The lowest BCUT2D eigenvalue weighted by Crippen LogP contribution is -2.58. The molecule has 0 saturated carbocycles. The number of anilines is 1. The lowest BCUT2D eigenvalue weighted by Gasteiger charge is -2.48. The maximum Gasteiger partial charge on any atom is 0.350 e. The van der Waals surface area contributed by atoms with Gasteiger partial charge in [-0.2, -0.15) is 4.98 Å². The lowest BCUT2D eigenvalue weighted by molar-refractivity contribution is 0.0939. The molecule has 0 amide bonds. The average Bonchev–Trinajstić information content (AvgIpc) is 2.87. The van der Waals surface area contributed by atoms with Gasteiger partial charge < -0.3 is 14.5 Å². The number of nitrogens with zero attached hydrogens (tertiary/aromatic N) is 6. The van der Waals surface area contributed by atoms with Gasteiger partial charge in [-0.1, -0.05) is 32.6 Å². The molecule has 3 heterocycles. The number of piperazine rings is 1. The summed E-state index contributed by atoms with van der Waals surface area (Å²) in [7, 11) is 1.69. The minimum absolute atomic E-state index is 0.117. The summed E-state index contributed by atoms with van der Waals surface area (Å²) in [4.78, 5) is 30.0. The molecule has 2 aromatic heterocycles. The third-order valence-corrected chi connectivity index (χ3v) is 7.09. The van der Waals surface area contributed by atoms with Crippen molar-refractivity contribution in [2.45, 2.75) is 71.7 Å². The van der Waals surface area contributed by atoms with Crippen molar-refractivity contribution in [1.82, 2.24) is 19.4 Å². The van der Waals surface area contributed by atoms with Crippen LogP contribution in [0.1, 0.15) is 59.1 Å². The van der Waals surface area contributed by atoms with E-state index in [9.17, 15) is 4.79 Å². The summed E-state index contributed by atoms with van der Waals surface area (Å²) in [5.41, 5.74) is 2.27. The van der Waals surface area contributed by atoms with E-state index in [1.807, 2.05) is 13.8 Å². The van der Waals surface area contributed by atoms with E-state index in [1.165, 1.54) is 10.1 Å². The van der Waals surface area contributed by atoms with E-state index in [0.717, 1.165) is 31.7 Å². The van der Waals surface area contributed by atoms with E-state index < -0.39 is 0 Å². The zero-order valence-corrected chi connectivity index (χ0v) is 22.1. The van der Waals surface area contributed by atoms with Crippen LogP contribution in [0.4, 0.5) is 11.6 Å². The van der Waals surface area contributed by atoms with Gasteiger partial charge in [-0.25, -0.2) is 4.79 Å². The van der Waals surface area contributed by atoms with Crippen molar-refractivity contribution in [3.8, 4) is 5.75 Å². The summed E-state index contributed by atoms with van der Waals surface area (Å²) >= 11 is 0. The summed E-state index contributed by atoms with van der Waals surface area (Å²) in [5, 5.41) is 0. The minimum atomic E-state index is -0.312. The Labute approximate surface area is 213 Å². The van der Waals surface area contributed by atoms with Gasteiger partial charge in [0.25, 0.3) is 5.82 Å². The average molecular weight is 489 g/mol. The Morgan fingerprint density at radius 3 is 2.44 bits per heavy atom. The van der Waals surface area contributed by atoms with Crippen LogP contribution in [-0.4, -0.2) is 50.7 Å². The van der Waals surface area contributed by atoms with Gasteiger partial charge in [0.2, 0.25) is 5.52 Å². The second kappa shape index (κ2) is 10.7. The molecule has 0 radical (unpaired) electrons. The van der Waals surface area contributed by atoms with E-state index in [1.54, 1.807) is 19.2 Å². The highest BCUT2D eigenvalue weighted by Gasteiger charge is 2.37. The Bertz CT molecular complexity index is 1310. The number of hydrogen-bond acceptors (Lipinski definition) is 6. The van der Waals surface area contributed by atoms with Crippen molar-refractivity contribution in [3.63, 3.8) is 0 Å². The first kappa shape index (κ1) is 25.6. The zero-order valence-electron chi connectivity index (χ0n) is 22.1. The number of rotatable bonds is 7. The first-order chi connectivity index (χ1) is 17.3. The predicted molar refractivity (Wildman–Crippen MR) is 144 cm³/mol. The second-order valence-corrected chi connectivity index (χ2v) is 9.85. The Hall–Kier alpha value is -3.44. The number of ether oxygens (including phenoxy) is 1. The van der Waals surface area contributed by atoms with Gasteiger partial charge >= 0.3 is 5.69 Å². The number of fused-ring (bicyclic) bond motifs is 1. The van der Waals surface area contributed by atoms with Crippen molar-refractivity contribution in [1.29, 1.82) is 0 Å². The molecule has 0 bridgehead atoms. The van der Waals surface area contributed by atoms with Crippen molar-refractivity contribution < 1.29 is 4.74 Å². The van der Waals surface area contributed by atoms with Crippen LogP contribution in [0, 0.1) is 6.57 Å². The Morgan fingerprint density at radius 1 is 1.11 bits per heavy atom. The summed E-state index contributed by atoms with van der Waals surface area (Å²) in [6, 6.07) is 12.6. The van der Waals surface area contributed by atoms with Crippen LogP contribution < -0.4 is 15.3 Å². The molecule has 1 saturated heterocycles. The molecule has 8 nitrogen and oxygen atoms in total. The zero-order chi connectivity index (χ0) is 26.0. The van der Waals surface area contributed by atoms with E-state index in [-0.39, 0.29) is 29.9 Å². The minimum Gasteiger partial charge on any atom is -0.491 e. The van der Waals surface area contributed by atoms with Gasteiger partial charge in [0, 0.05) is 38.3 Å². The second-order valence-electron chi connectivity index (χ2n) is 9.85. The first-order valence-corrected chi connectivity index (χ1v) is 12.8. The highest BCUT2D eigenvalue weighted by Crippen LogP contribution is 2.35. The Balaban J connectivity index is 1.67. The molecule has 1 fully saturated rings. The SMILES string of the molecule is [C-]#[N+]c1ccc2c(n1)c(N1C[C@@H](CC)N(C(CC)c3ccc(OC(C)C)cc3)C[C@@H]1C)nc(=O)n2C. The largest absolute Gasteiger partial charge is 0.491 e. The molecule has 8 heteroatoms. The molecule has 36 heavy (non-hydrogen) atoms. The third kappa shape index (κ3) is 4.93. The quantitative estimate of drug-likeness (QED) is 0.431. The molecule has 3 atom stereocenters. The molecular formula is C28H36N6O2. The van der Waals surface area contributed by atoms with Gasteiger partial charge in [-0.05, 0) is 63.4 Å².